The third kappa shape index (κ3) is 2.60. The first-order valence-corrected chi connectivity index (χ1v) is 7.00. The summed E-state index contributed by atoms with van der Waals surface area (Å²) >= 11 is 1.13. The second-order valence-corrected chi connectivity index (χ2v) is 5.32. The summed E-state index contributed by atoms with van der Waals surface area (Å²) in [5, 5.41) is 3.41. The molecule has 0 spiro atoms. The van der Waals surface area contributed by atoms with Gasteiger partial charge in [0.1, 0.15) is 17.6 Å². The quantitative estimate of drug-likeness (QED) is 0.869. The van der Waals surface area contributed by atoms with Crippen molar-refractivity contribution in [3.63, 3.8) is 0 Å². The molecular formula is C13H12FN3O2S. The van der Waals surface area contributed by atoms with E-state index in [0.717, 1.165) is 17.9 Å². The van der Waals surface area contributed by atoms with Gasteiger partial charge in [0.2, 0.25) is 5.78 Å². The van der Waals surface area contributed by atoms with Crippen molar-refractivity contribution in [2.45, 2.75) is 6.10 Å². The summed E-state index contributed by atoms with van der Waals surface area (Å²) < 4.78 is 19.0. The van der Waals surface area contributed by atoms with Gasteiger partial charge in [-0.05, 0) is 12.1 Å². The number of thiazole rings is 1. The highest BCUT2D eigenvalue weighted by atomic mass is 32.1. The Hall–Kier alpha value is -1.70. The minimum atomic E-state index is -0.517. The minimum absolute atomic E-state index is 0.176. The number of aromatic nitrogens is 2. The topological polar surface area (TPSA) is 64.1 Å². The average Bonchev–Trinajstić information content (AvgIpc) is 2.97. The van der Waals surface area contributed by atoms with E-state index >= 15 is 0 Å². The lowest BCUT2D eigenvalue weighted by molar-refractivity contribution is 0.0269. The molecule has 2 aromatic rings. The molecule has 0 amide bonds. The van der Waals surface area contributed by atoms with E-state index in [-0.39, 0.29) is 11.5 Å². The maximum absolute atomic E-state index is 13.6. The molecule has 1 aliphatic rings. The van der Waals surface area contributed by atoms with Crippen LogP contribution in [0.1, 0.15) is 9.80 Å². The second kappa shape index (κ2) is 5.74. The molecule has 104 valence electrons. The van der Waals surface area contributed by atoms with Gasteiger partial charge in [-0.3, -0.25) is 9.78 Å². The molecule has 0 unspecified atom stereocenters. The number of hydrogen-bond acceptors (Lipinski definition) is 6. The fourth-order valence-corrected chi connectivity index (χ4v) is 2.83. The van der Waals surface area contributed by atoms with Crippen LogP contribution in [-0.2, 0) is 4.74 Å². The number of nitrogens with zero attached hydrogens (tertiary/aromatic N) is 2. The summed E-state index contributed by atoms with van der Waals surface area (Å²) in [4.78, 5) is 20.8. The van der Waals surface area contributed by atoms with Gasteiger partial charge >= 0.3 is 0 Å². The van der Waals surface area contributed by atoms with Crippen molar-refractivity contribution in [2.75, 3.05) is 19.7 Å². The van der Waals surface area contributed by atoms with Crippen molar-refractivity contribution in [1.82, 2.24) is 15.3 Å². The van der Waals surface area contributed by atoms with Crippen molar-refractivity contribution in [2.24, 2.45) is 0 Å². The number of rotatable bonds is 3. The molecule has 1 fully saturated rings. The van der Waals surface area contributed by atoms with Crippen LogP contribution in [0.2, 0.25) is 0 Å². The molecule has 0 radical (unpaired) electrons. The molecule has 1 N–H and O–H groups in total. The molecule has 20 heavy (non-hydrogen) atoms. The van der Waals surface area contributed by atoms with Crippen LogP contribution in [0, 0.1) is 5.82 Å². The van der Waals surface area contributed by atoms with Gasteiger partial charge < -0.3 is 10.1 Å². The number of carbonyl (C=O) groups is 1. The third-order valence-corrected chi connectivity index (χ3v) is 3.95. The number of pyridine rings is 1. The van der Waals surface area contributed by atoms with E-state index < -0.39 is 11.9 Å². The van der Waals surface area contributed by atoms with Gasteiger partial charge in [0.05, 0.1) is 11.5 Å². The summed E-state index contributed by atoms with van der Waals surface area (Å²) in [6.07, 6.45) is 2.46. The molecule has 2 aromatic heterocycles. The minimum Gasteiger partial charge on any atom is -0.367 e. The maximum atomic E-state index is 13.6. The van der Waals surface area contributed by atoms with E-state index in [4.69, 9.17) is 4.74 Å². The fraction of sp³-hybridized carbons (Fsp3) is 0.308. The van der Waals surface area contributed by atoms with Gasteiger partial charge in [-0.1, -0.05) is 0 Å². The van der Waals surface area contributed by atoms with Crippen molar-refractivity contribution in [3.05, 3.63) is 35.4 Å². The number of halogens is 1. The van der Waals surface area contributed by atoms with Crippen molar-refractivity contribution in [1.29, 1.82) is 0 Å². The van der Waals surface area contributed by atoms with Crippen LogP contribution < -0.4 is 5.32 Å². The number of ketones is 1. The van der Waals surface area contributed by atoms with Gasteiger partial charge in [-0.2, -0.15) is 0 Å². The Kier molecular flexibility index (Phi) is 3.81. The number of nitrogens with one attached hydrogen (secondary N) is 1. The first-order chi connectivity index (χ1) is 9.75. The summed E-state index contributed by atoms with van der Waals surface area (Å²) in [7, 11) is 0. The van der Waals surface area contributed by atoms with Crippen LogP contribution in [0.4, 0.5) is 4.39 Å². The average molecular weight is 293 g/mol. The molecule has 0 saturated carbocycles. The van der Waals surface area contributed by atoms with E-state index in [1.807, 2.05) is 0 Å². The summed E-state index contributed by atoms with van der Waals surface area (Å²) in [5.41, 5.74) is 0.215. The number of Topliss-reactive ketones (excluding diaryl/α,β-unsaturated/α-hetero) is 1. The Labute approximate surface area is 118 Å². The van der Waals surface area contributed by atoms with Gasteiger partial charge in [-0.25, -0.2) is 9.37 Å². The zero-order valence-corrected chi connectivity index (χ0v) is 11.3. The SMILES string of the molecule is O=C(c1ncc(-c2ncccc2F)s1)[C@H]1CNCCO1. The van der Waals surface area contributed by atoms with Crippen LogP contribution >= 0.6 is 11.3 Å². The van der Waals surface area contributed by atoms with Gasteiger partial charge in [0, 0.05) is 25.5 Å². The monoisotopic (exact) mass is 293 g/mol. The van der Waals surface area contributed by atoms with Gasteiger partial charge in [0.15, 0.2) is 5.01 Å². The molecule has 3 rings (SSSR count). The highest BCUT2D eigenvalue weighted by molar-refractivity contribution is 7.17. The summed E-state index contributed by atoms with van der Waals surface area (Å²) in [5.74, 6) is -0.601. The molecule has 7 heteroatoms. The Bertz CT molecular complexity index is 626. The summed E-state index contributed by atoms with van der Waals surface area (Å²) in [6, 6.07) is 2.85. The molecule has 0 aromatic carbocycles. The van der Waals surface area contributed by atoms with Crippen LogP contribution in [0.25, 0.3) is 10.6 Å². The maximum Gasteiger partial charge on any atom is 0.221 e. The normalized spacial score (nSPS) is 18.9. The first kappa shape index (κ1) is 13.3. The molecule has 0 aliphatic carbocycles. The highest BCUT2D eigenvalue weighted by Crippen LogP contribution is 2.27. The van der Waals surface area contributed by atoms with Crippen LogP contribution in [0.3, 0.4) is 0 Å². The summed E-state index contributed by atoms with van der Waals surface area (Å²) in [6.45, 7) is 1.72. The molecule has 1 atom stereocenters. The Morgan fingerprint density at radius 1 is 1.50 bits per heavy atom. The van der Waals surface area contributed by atoms with Crippen LogP contribution in [-0.4, -0.2) is 41.6 Å². The fourth-order valence-electron chi connectivity index (χ4n) is 1.94. The third-order valence-electron chi connectivity index (χ3n) is 2.93. The van der Waals surface area contributed by atoms with E-state index in [1.54, 1.807) is 0 Å². The van der Waals surface area contributed by atoms with Crippen LogP contribution in [0.15, 0.2) is 24.5 Å². The molecule has 0 bridgehead atoms. The molecule has 1 aliphatic heterocycles. The largest absolute Gasteiger partial charge is 0.367 e. The zero-order chi connectivity index (χ0) is 13.9. The van der Waals surface area contributed by atoms with Gasteiger partial charge in [-0.15, -0.1) is 11.3 Å². The molecule has 3 heterocycles. The number of carbonyl (C=O) groups excluding carboxylic acids is 1. The number of morpholine rings is 1. The zero-order valence-electron chi connectivity index (χ0n) is 10.5. The first-order valence-electron chi connectivity index (χ1n) is 6.19. The second-order valence-electron chi connectivity index (χ2n) is 4.29. The number of hydrogen-bond donors (Lipinski definition) is 1. The predicted octanol–water partition coefficient (Wildman–Crippen LogP) is 1.52. The standard InChI is InChI=1S/C13H12FN3O2S/c14-8-2-1-3-16-11(8)10-7-17-13(20-10)12(18)9-6-15-4-5-19-9/h1-3,7,9,15H,4-6H2/t9-/m1/s1. The van der Waals surface area contributed by atoms with E-state index in [9.17, 15) is 9.18 Å². The van der Waals surface area contributed by atoms with Crippen molar-refractivity contribution in [3.8, 4) is 10.6 Å². The Morgan fingerprint density at radius 3 is 3.15 bits per heavy atom. The Morgan fingerprint density at radius 2 is 2.40 bits per heavy atom. The van der Waals surface area contributed by atoms with Crippen molar-refractivity contribution < 1.29 is 13.9 Å². The highest BCUT2D eigenvalue weighted by Gasteiger charge is 2.26. The number of ether oxygens (including phenoxy) is 1. The Balaban J connectivity index is 1.83. The van der Waals surface area contributed by atoms with E-state index in [0.29, 0.717) is 23.0 Å². The van der Waals surface area contributed by atoms with E-state index in [1.165, 1.54) is 24.5 Å². The van der Waals surface area contributed by atoms with E-state index in [2.05, 4.69) is 15.3 Å². The lowest BCUT2D eigenvalue weighted by Gasteiger charge is -2.21. The van der Waals surface area contributed by atoms with Crippen LogP contribution in [0.5, 0.6) is 0 Å². The molecule has 1 saturated heterocycles. The van der Waals surface area contributed by atoms with Gasteiger partial charge in [0.25, 0.3) is 0 Å². The predicted molar refractivity (Wildman–Crippen MR) is 72.2 cm³/mol. The smallest absolute Gasteiger partial charge is 0.221 e. The molecular weight excluding hydrogens is 281 g/mol. The molecule has 5 nitrogen and oxygen atoms in total. The lowest BCUT2D eigenvalue weighted by atomic mass is 10.2. The lowest BCUT2D eigenvalue weighted by Crippen LogP contribution is -2.43. The van der Waals surface area contributed by atoms with Crippen molar-refractivity contribution >= 4 is 17.1 Å².